The highest BCUT2D eigenvalue weighted by molar-refractivity contribution is 9.10. The number of carbonyl (C=O) groups is 1. The van der Waals surface area contributed by atoms with Crippen LogP contribution in [0.2, 0.25) is 0 Å². The number of ether oxygens (including phenoxy) is 1. The molecule has 1 saturated heterocycles. The molecule has 5 heteroatoms. The topological polar surface area (TPSA) is 55.6 Å². The number of likely N-dealkylation sites (tertiary alicyclic amines) is 1. The van der Waals surface area contributed by atoms with Crippen molar-refractivity contribution in [2.24, 2.45) is 11.7 Å². The van der Waals surface area contributed by atoms with Crippen molar-refractivity contribution >= 4 is 22.0 Å². The molecule has 0 bridgehead atoms. The molecule has 1 aromatic carbocycles. The number of piperidine rings is 1. The molecular weight excluding hydrogens is 344 g/mol. The first-order valence-electron chi connectivity index (χ1n) is 7.75. The SMILES string of the molecule is CC(C)(C)OC(=O)N1CCC(C(N)c2cccc(Br)c2)CC1. The lowest BCUT2D eigenvalue weighted by atomic mass is 9.86. The Bertz CT molecular complexity index is 520. The average Bonchev–Trinajstić information content (AvgIpc) is 2.45. The van der Waals surface area contributed by atoms with Gasteiger partial charge in [-0.25, -0.2) is 4.79 Å². The number of carbonyl (C=O) groups excluding carboxylic acids is 1. The minimum absolute atomic E-state index is 0.0123. The Morgan fingerprint density at radius 1 is 1.36 bits per heavy atom. The molecule has 1 atom stereocenters. The molecule has 1 heterocycles. The summed E-state index contributed by atoms with van der Waals surface area (Å²) >= 11 is 3.49. The summed E-state index contributed by atoms with van der Waals surface area (Å²) in [6, 6.07) is 8.16. The van der Waals surface area contributed by atoms with Crippen LogP contribution < -0.4 is 5.73 Å². The summed E-state index contributed by atoms with van der Waals surface area (Å²) in [7, 11) is 0. The van der Waals surface area contributed by atoms with E-state index in [9.17, 15) is 4.79 Å². The van der Waals surface area contributed by atoms with Crippen LogP contribution in [-0.4, -0.2) is 29.7 Å². The van der Waals surface area contributed by atoms with E-state index in [0.29, 0.717) is 19.0 Å². The van der Waals surface area contributed by atoms with Crippen molar-refractivity contribution in [1.29, 1.82) is 0 Å². The highest BCUT2D eigenvalue weighted by atomic mass is 79.9. The number of halogens is 1. The number of hydrogen-bond donors (Lipinski definition) is 1. The molecule has 0 aliphatic carbocycles. The van der Waals surface area contributed by atoms with Gasteiger partial charge < -0.3 is 15.4 Å². The van der Waals surface area contributed by atoms with Crippen LogP contribution in [0.4, 0.5) is 4.79 Å². The molecule has 0 saturated carbocycles. The average molecular weight is 369 g/mol. The molecule has 2 N–H and O–H groups in total. The second kappa shape index (κ2) is 7.01. The smallest absolute Gasteiger partial charge is 0.410 e. The van der Waals surface area contributed by atoms with Gasteiger partial charge in [-0.2, -0.15) is 0 Å². The highest BCUT2D eigenvalue weighted by Gasteiger charge is 2.29. The normalized spacial score (nSPS) is 18.1. The molecule has 0 aromatic heterocycles. The molecule has 1 aliphatic heterocycles. The summed E-state index contributed by atoms with van der Waals surface area (Å²) in [5.41, 5.74) is 7.11. The van der Waals surface area contributed by atoms with Gasteiger partial charge in [-0.3, -0.25) is 0 Å². The molecular formula is C17H25BrN2O2. The minimum atomic E-state index is -0.444. The predicted octanol–water partition coefficient (Wildman–Crippen LogP) is 4.10. The Labute approximate surface area is 141 Å². The minimum Gasteiger partial charge on any atom is -0.444 e. The molecule has 1 aliphatic rings. The summed E-state index contributed by atoms with van der Waals surface area (Å²) in [5, 5.41) is 0. The molecule has 0 spiro atoms. The lowest BCUT2D eigenvalue weighted by Crippen LogP contribution is -2.43. The third kappa shape index (κ3) is 4.71. The van der Waals surface area contributed by atoms with Crippen LogP contribution in [0.5, 0.6) is 0 Å². The summed E-state index contributed by atoms with van der Waals surface area (Å²) in [6.45, 7) is 7.09. The van der Waals surface area contributed by atoms with Gasteiger partial charge in [0.15, 0.2) is 0 Å². The van der Waals surface area contributed by atoms with E-state index < -0.39 is 5.60 Å². The van der Waals surface area contributed by atoms with Crippen LogP contribution >= 0.6 is 15.9 Å². The number of nitrogens with two attached hydrogens (primary N) is 1. The van der Waals surface area contributed by atoms with Crippen molar-refractivity contribution < 1.29 is 9.53 Å². The zero-order valence-electron chi connectivity index (χ0n) is 13.5. The third-order valence-corrected chi connectivity index (χ3v) is 4.43. The molecule has 1 unspecified atom stereocenters. The van der Waals surface area contributed by atoms with Gasteiger partial charge >= 0.3 is 6.09 Å². The largest absolute Gasteiger partial charge is 0.444 e. The van der Waals surface area contributed by atoms with Gasteiger partial charge in [-0.1, -0.05) is 28.1 Å². The van der Waals surface area contributed by atoms with Crippen molar-refractivity contribution in [3.05, 3.63) is 34.3 Å². The zero-order valence-corrected chi connectivity index (χ0v) is 15.1. The fraction of sp³-hybridized carbons (Fsp3) is 0.588. The highest BCUT2D eigenvalue weighted by Crippen LogP contribution is 2.30. The predicted molar refractivity (Wildman–Crippen MR) is 91.6 cm³/mol. The summed E-state index contributed by atoms with van der Waals surface area (Å²) in [5.74, 6) is 0.396. The molecule has 22 heavy (non-hydrogen) atoms. The Hall–Kier alpha value is -1.07. The van der Waals surface area contributed by atoms with Crippen LogP contribution in [0.1, 0.15) is 45.2 Å². The van der Waals surface area contributed by atoms with Gasteiger partial charge in [0.05, 0.1) is 0 Å². The Balaban J connectivity index is 1.90. The van der Waals surface area contributed by atoms with E-state index in [1.807, 2.05) is 32.9 Å². The quantitative estimate of drug-likeness (QED) is 0.854. The zero-order chi connectivity index (χ0) is 16.3. The Kier molecular flexibility index (Phi) is 5.50. The van der Waals surface area contributed by atoms with Gasteiger partial charge in [-0.05, 0) is 57.2 Å². The Morgan fingerprint density at radius 3 is 2.55 bits per heavy atom. The van der Waals surface area contributed by atoms with E-state index >= 15 is 0 Å². The molecule has 1 aromatic rings. The first-order chi connectivity index (χ1) is 10.3. The van der Waals surface area contributed by atoms with E-state index in [2.05, 4.69) is 28.1 Å². The number of amides is 1. The Morgan fingerprint density at radius 2 is 2.00 bits per heavy atom. The molecule has 1 fully saturated rings. The fourth-order valence-corrected chi connectivity index (χ4v) is 3.17. The van der Waals surface area contributed by atoms with E-state index in [1.54, 1.807) is 4.90 Å². The van der Waals surface area contributed by atoms with Crippen LogP contribution in [0.15, 0.2) is 28.7 Å². The first kappa shape index (κ1) is 17.3. The monoisotopic (exact) mass is 368 g/mol. The van der Waals surface area contributed by atoms with Crippen molar-refractivity contribution in [1.82, 2.24) is 4.90 Å². The van der Waals surface area contributed by atoms with E-state index in [1.165, 1.54) is 0 Å². The number of rotatable bonds is 2. The van der Waals surface area contributed by atoms with Gasteiger partial charge in [0.1, 0.15) is 5.60 Å². The van der Waals surface area contributed by atoms with Crippen LogP contribution in [0.3, 0.4) is 0 Å². The second-order valence-corrected chi connectivity index (χ2v) is 7.80. The summed E-state index contributed by atoms with van der Waals surface area (Å²) in [4.78, 5) is 13.9. The summed E-state index contributed by atoms with van der Waals surface area (Å²) in [6.07, 6.45) is 1.60. The van der Waals surface area contributed by atoms with Crippen LogP contribution in [0.25, 0.3) is 0 Å². The molecule has 122 valence electrons. The first-order valence-corrected chi connectivity index (χ1v) is 8.54. The van der Waals surface area contributed by atoms with Crippen molar-refractivity contribution in [2.45, 2.75) is 45.3 Å². The maximum absolute atomic E-state index is 12.1. The van der Waals surface area contributed by atoms with E-state index in [0.717, 1.165) is 22.9 Å². The van der Waals surface area contributed by atoms with E-state index in [4.69, 9.17) is 10.5 Å². The number of nitrogens with zero attached hydrogens (tertiary/aromatic N) is 1. The van der Waals surface area contributed by atoms with Crippen LogP contribution in [-0.2, 0) is 4.74 Å². The lowest BCUT2D eigenvalue weighted by Gasteiger charge is -2.35. The van der Waals surface area contributed by atoms with Gasteiger partial charge in [0, 0.05) is 23.6 Å². The summed E-state index contributed by atoms with van der Waals surface area (Å²) < 4.78 is 6.47. The van der Waals surface area contributed by atoms with Crippen LogP contribution in [0, 0.1) is 5.92 Å². The maximum atomic E-state index is 12.1. The second-order valence-electron chi connectivity index (χ2n) is 6.89. The molecule has 0 radical (unpaired) electrons. The molecule has 2 rings (SSSR count). The van der Waals surface area contributed by atoms with Crippen molar-refractivity contribution in [3.8, 4) is 0 Å². The maximum Gasteiger partial charge on any atom is 0.410 e. The van der Waals surface area contributed by atoms with Gasteiger partial charge in [-0.15, -0.1) is 0 Å². The van der Waals surface area contributed by atoms with Crippen molar-refractivity contribution in [3.63, 3.8) is 0 Å². The number of benzene rings is 1. The van der Waals surface area contributed by atoms with Gasteiger partial charge in [0.2, 0.25) is 0 Å². The molecule has 1 amide bonds. The van der Waals surface area contributed by atoms with Crippen molar-refractivity contribution in [2.75, 3.05) is 13.1 Å². The third-order valence-electron chi connectivity index (χ3n) is 3.93. The van der Waals surface area contributed by atoms with Gasteiger partial charge in [0.25, 0.3) is 0 Å². The van der Waals surface area contributed by atoms with E-state index in [-0.39, 0.29) is 12.1 Å². The standard InChI is InChI=1S/C17H25BrN2O2/c1-17(2,3)22-16(21)20-9-7-12(8-10-20)15(19)13-5-4-6-14(18)11-13/h4-6,11-12,15H,7-10,19H2,1-3H3. The fourth-order valence-electron chi connectivity index (χ4n) is 2.75. The number of hydrogen-bond acceptors (Lipinski definition) is 3. The lowest BCUT2D eigenvalue weighted by molar-refractivity contribution is 0.0174. The molecule has 4 nitrogen and oxygen atoms in total.